The second-order valence-electron chi connectivity index (χ2n) is 14.6. The van der Waals surface area contributed by atoms with E-state index in [2.05, 4.69) is 4.98 Å². The first-order valence-electron chi connectivity index (χ1n) is 17.8. The number of hydrogen-bond donors (Lipinski definition) is 0. The molecule has 0 bridgehead atoms. The maximum atomic E-state index is 17.1. The third kappa shape index (κ3) is 3.23. The molecule has 0 unspecified atom stereocenters. The minimum Gasteiger partial charge on any atom is -0.275 e. The van der Waals surface area contributed by atoms with Gasteiger partial charge in [0, 0.05) is 59.2 Å². The molecule has 0 saturated carbocycles. The summed E-state index contributed by atoms with van der Waals surface area (Å²) in [6, 6.07) is 20.7. The molecule has 0 radical (unpaired) electrons. The molecule has 0 aliphatic carbocycles. The lowest BCUT2D eigenvalue weighted by Gasteiger charge is -2.23. The molecule has 276 valence electrons. The summed E-state index contributed by atoms with van der Waals surface area (Å²) in [7, 11) is 0. The molecule has 13 heteroatoms. The number of pyridine rings is 3. The molecule has 0 N–H and O–H groups in total. The topological polar surface area (TPSA) is 55.8 Å². The molecule has 13 rings (SSSR count). The number of halogens is 8. The SMILES string of the molecule is O=c1c2c(F)c(F)c3c4c(F)c(F)c5c6c(c(F)c(F)c(c7c(F)c(F)c(c2c73)c2cc3cccc7cccc(c73)n12)c46)c(=O)n1c2cccc3cccc(nc51)c32. The maximum Gasteiger partial charge on any atom is 0.267 e. The Morgan fingerprint density at radius 2 is 0.741 bits per heavy atom. The average Bonchev–Trinajstić information content (AvgIpc) is 3.22. The molecule has 4 heterocycles. The Kier molecular flexibility index (Phi) is 5.44. The second-order valence-corrected chi connectivity index (χ2v) is 14.6. The van der Waals surface area contributed by atoms with Gasteiger partial charge in [0.2, 0.25) is 0 Å². The van der Waals surface area contributed by atoms with E-state index in [1.165, 1.54) is 24.3 Å². The molecule has 9 aromatic carbocycles. The Balaban J connectivity index is 1.38. The summed E-state index contributed by atoms with van der Waals surface area (Å²) in [5, 5.41) is -9.32. The lowest BCUT2D eigenvalue weighted by Crippen LogP contribution is -2.20. The number of benzene rings is 9. The Morgan fingerprint density at radius 1 is 0.345 bits per heavy atom. The molecule has 4 aromatic heterocycles. The fraction of sp³-hybridized carbons (Fsp3) is 0. The third-order valence-corrected chi connectivity index (χ3v) is 12.1. The quantitative estimate of drug-likeness (QED) is 0.0875. The van der Waals surface area contributed by atoms with Gasteiger partial charge in [0.15, 0.2) is 52.2 Å². The molecule has 0 aliphatic rings. The summed E-state index contributed by atoms with van der Waals surface area (Å²) >= 11 is 0. The van der Waals surface area contributed by atoms with E-state index in [1.54, 1.807) is 54.6 Å². The summed E-state index contributed by atoms with van der Waals surface area (Å²) < 4.78 is 138. The highest BCUT2D eigenvalue weighted by Crippen LogP contribution is 2.52. The molecule has 0 amide bonds. The van der Waals surface area contributed by atoms with Crippen LogP contribution in [0.2, 0.25) is 0 Å². The number of aromatic nitrogens is 3. The monoisotopic (exact) mass is 779 g/mol. The van der Waals surface area contributed by atoms with Gasteiger partial charge in [-0.05, 0) is 40.4 Å². The highest BCUT2D eigenvalue weighted by molar-refractivity contribution is 6.41. The van der Waals surface area contributed by atoms with Gasteiger partial charge in [0.05, 0.1) is 38.2 Å². The van der Waals surface area contributed by atoms with E-state index in [0.29, 0.717) is 26.9 Å². The smallest absolute Gasteiger partial charge is 0.267 e. The van der Waals surface area contributed by atoms with Crippen LogP contribution in [-0.2, 0) is 0 Å². The fourth-order valence-corrected chi connectivity index (χ4v) is 9.90. The molecule has 0 aliphatic heterocycles. The van der Waals surface area contributed by atoms with E-state index in [1.807, 2.05) is 0 Å². The largest absolute Gasteiger partial charge is 0.275 e. The summed E-state index contributed by atoms with van der Waals surface area (Å²) in [6.45, 7) is 0. The highest BCUT2D eigenvalue weighted by Gasteiger charge is 2.37. The fourth-order valence-electron chi connectivity index (χ4n) is 9.90. The highest BCUT2D eigenvalue weighted by atomic mass is 19.2. The van der Waals surface area contributed by atoms with Crippen molar-refractivity contribution in [2.75, 3.05) is 0 Å². The zero-order valence-electron chi connectivity index (χ0n) is 28.7. The first-order valence-corrected chi connectivity index (χ1v) is 17.8. The first-order chi connectivity index (χ1) is 28.0. The van der Waals surface area contributed by atoms with Gasteiger partial charge in [-0.15, -0.1) is 0 Å². The Morgan fingerprint density at radius 3 is 1.33 bits per heavy atom. The number of hydrogen-bond acceptors (Lipinski definition) is 3. The normalized spacial score (nSPS) is 13.0. The standard InChI is InChI=1S/C45H13F8N3O2/c46-35-23-20-13-16-9-1-5-14-7-3-11-18(21(14)16)55(20)44(57)33-24(23)25-28(36(35)47)31-26-27-32(40(51)37(48)30(26)29(25)38(49)41(33)52)43-54-17-10-2-6-15-8-4-12-19(22(15)17)56(43)45(58)34(27)42(53)39(31)50/h1-13H. The Labute approximate surface area is 313 Å². The predicted molar refractivity (Wildman–Crippen MR) is 207 cm³/mol. The predicted octanol–water partition coefficient (Wildman–Crippen LogP) is 11.3. The van der Waals surface area contributed by atoms with Crippen molar-refractivity contribution >= 4 is 119 Å². The van der Waals surface area contributed by atoms with Gasteiger partial charge in [-0.3, -0.25) is 18.4 Å². The van der Waals surface area contributed by atoms with Gasteiger partial charge in [-0.2, -0.15) is 0 Å². The molecule has 0 fully saturated rings. The zero-order chi connectivity index (χ0) is 39.5. The number of nitrogens with zero attached hydrogens (tertiary/aromatic N) is 3. The van der Waals surface area contributed by atoms with E-state index < -0.39 is 128 Å². The van der Waals surface area contributed by atoms with Crippen LogP contribution < -0.4 is 11.1 Å². The zero-order valence-corrected chi connectivity index (χ0v) is 28.7. The van der Waals surface area contributed by atoms with Gasteiger partial charge in [-0.1, -0.05) is 54.6 Å². The van der Waals surface area contributed by atoms with Gasteiger partial charge in [0.25, 0.3) is 11.1 Å². The van der Waals surface area contributed by atoms with Crippen molar-refractivity contribution in [2.24, 2.45) is 0 Å². The summed E-state index contributed by atoms with van der Waals surface area (Å²) in [5.74, 6) is -15.1. The van der Waals surface area contributed by atoms with Crippen molar-refractivity contribution in [1.29, 1.82) is 0 Å². The van der Waals surface area contributed by atoms with Gasteiger partial charge >= 0.3 is 0 Å². The van der Waals surface area contributed by atoms with Crippen LogP contribution in [0.25, 0.3) is 119 Å². The molecule has 58 heavy (non-hydrogen) atoms. The molecule has 13 aromatic rings. The first kappa shape index (κ1) is 31.8. The number of rotatable bonds is 0. The van der Waals surface area contributed by atoms with Crippen molar-refractivity contribution in [2.45, 2.75) is 0 Å². The Bertz CT molecular complexity index is 3990. The van der Waals surface area contributed by atoms with Crippen molar-refractivity contribution in [3.05, 3.63) is 146 Å². The lowest BCUT2D eigenvalue weighted by atomic mass is 9.84. The van der Waals surface area contributed by atoms with Crippen LogP contribution in [0, 0.1) is 46.5 Å². The average molecular weight is 780 g/mol. The van der Waals surface area contributed by atoms with Crippen molar-refractivity contribution < 1.29 is 35.1 Å². The molecule has 0 spiro atoms. The third-order valence-electron chi connectivity index (χ3n) is 12.1. The van der Waals surface area contributed by atoms with Crippen LogP contribution in [0.4, 0.5) is 35.1 Å². The number of fused-ring (bicyclic) bond motifs is 8. The van der Waals surface area contributed by atoms with Crippen LogP contribution in [0.3, 0.4) is 0 Å². The summed E-state index contributed by atoms with van der Waals surface area (Å²) in [4.78, 5) is 33.4. The van der Waals surface area contributed by atoms with Crippen molar-refractivity contribution in [3.8, 4) is 0 Å². The van der Waals surface area contributed by atoms with Gasteiger partial charge < -0.3 is 0 Å². The molecular formula is C45H13F8N3O2. The second kappa shape index (κ2) is 9.93. The van der Waals surface area contributed by atoms with Gasteiger partial charge in [0.1, 0.15) is 0 Å². The van der Waals surface area contributed by atoms with Crippen LogP contribution >= 0.6 is 0 Å². The van der Waals surface area contributed by atoms with Crippen LogP contribution in [0.15, 0.2) is 88.5 Å². The van der Waals surface area contributed by atoms with E-state index in [0.717, 1.165) is 8.80 Å². The van der Waals surface area contributed by atoms with Crippen molar-refractivity contribution in [3.63, 3.8) is 0 Å². The van der Waals surface area contributed by atoms with Crippen LogP contribution in [0.5, 0.6) is 0 Å². The Hall–Kier alpha value is -7.41. The van der Waals surface area contributed by atoms with Gasteiger partial charge in [-0.25, -0.2) is 40.1 Å². The van der Waals surface area contributed by atoms with Crippen LogP contribution in [0.1, 0.15) is 0 Å². The van der Waals surface area contributed by atoms with E-state index in [9.17, 15) is 9.59 Å². The maximum absolute atomic E-state index is 17.1. The minimum atomic E-state index is -1.98. The van der Waals surface area contributed by atoms with E-state index >= 15 is 35.1 Å². The van der Waals surface area contributed by atoms with Crippen LogP contribution in [-0.4, -0.2) is 13.8 Å². The lowest BCUT2D eigenvalue weighted by molar-refractivity contribution is 0.515. The van der Waals surface area contributed by atoms with E-state index in [-0.39, 0.29) is 22.1 Å². The molecular weight excluding hydrogens is 766 g/mol. The molecule has 0 atom stereocenters. The summed E-state index contributed by atoms with van der Waals surface area (Å²) in [6.07, 6.45) is 0. The summed E-state index contributed by atoms with van der Waals surface area (Å²) in [5.41, 5.74) is -2.88. The van der Waals surface area contributed by atoms with E-state index in [4.69, 9.17) is 0 Å². The van der Waals surface area contributed by atoms with Crippen molar-refractivity contribution in [1.82, 2.24) is 13.8 Å². The minimum absolute atomic E-state index is 0.0854. The molecule has 5 nitrogen and oxygen atoms in total. The molecule has 0 saturated heterocycles.